The molecule has 0 amide bonds. The molecule has 0 radical (unpaired) electrons. The van der Waals surface area contributed by atoms with Crippen LogP contribution in [0.3, 0.4) is 0 Å². The molecule has 8 rings (SSSR count). The fourth-order valence-corrected chi connectivity index (χ4v) is 5.58. The lowest BCUT2D eigenvalue weighted by molar-refractivity contribution is 0.0790. The SMILES string of the molecule is Nc1ccnc(-c2cnc(N3CC4C(C3)C4(F)F)nc2)n1.Nc1ccnc(Cl)n1.OB(O)c1cnc(N2CC3C(C2)C3(F)F)nc1. The van der Waals surface area contributed by atoms with Crippen LogP contribution in [0.25, 0.3) is 11.4 Å². The van der Waals surface area contributed by atoms with Crippen molar-refractivity contribution in [2.24, 2.45) is 23.7 Å². The van der Waals surface area contributed by atoms with Crippen LogP contribution in [-0.4, -0.2) is 95.1 Å². The van der Waals surface area contributed by atoms with Crippen molar-refractivity contribution in [2.75, 3.05) is 47.4 Å². The van der Waals surface area contributed by atoms with Crippen molar-refractivity contribution in [1.82, 2.24) is 39.9 Å². The third-order valence-electron chi connectivity index (χ3n) is 8.14. The molecule has 4 aromatic rings. The zero-order valence-corrected chi connectivity index (χ0v) is 24.5. The maximum Gasteiger partial charge on any atom is 0.491 e. The summed E-state index contributed by atoms with van der Waals surface area (Å²) in [5.41, 5.74) is 11.6. The highest BCUT2D eigenvalue weighted by Gasteiger charge is 2.72. The molecule has 14 nitrogen and oxygen atoms in total. The summed E-state index contributed by atoms with van der Waals surface area (Å²) in [5.74, 6) is -5.22. The van der Waals surface area contributed by atoms with Crippen molar-refractivity contribution in [3.63, 3.8) is 0 Å². The number of anilines is 4. The number of fused-ring (bicyclic) bond motifs is 2. The van der Waals surface area contributed by atoms with Gasteiger partial charge >= 0.3 is 7.12 Å². The van der Waals surface area contributed by atoms with Gasteiger partial charge < -0.3 is 31.3 Å². The van der Waals surface area contributed by atoms with E-state index >= 15 is 0 Å². The zero-order chi connectivity index (χ0) is 32.8. The Hall–Kier alpha value is -4.49. The van der Waals surface area contributed by atoms with Gasteiger partial charge in [0.2, 0.25) is 17.2 Å². The lowest BCUT2D eigenvalue weighted by Gasteiger charge is -2.19. The number of rotatable bonds is 4. The second kappa shape index (κ2) is 12.0. The number of nitrogen functional groups attached to an aromatic ring is 2. The first-order valence-electron chi connectivity index (χ1n) is 13.9. The first-order chi connectivity index (χ1) is 21.8. The summed E-state index contributed by atoms with van der Waals surface area (Å²) in [6, 6.07) is 3.17. The predicted molar refractivity (Wildman–Crippen MR) is 159 cm³/mol. The first kappa shape index (κ1) is 31.5. The summed E-state index contributed by atoms with van der Waals surface area (Å²) >= 11 is 5.34. The Morgan fingerprint density at radius 3 is 1.52 bits per heavy atom. The van der Waals surface area contributed by atoms with E-state index in [0.29, 0.717) is 48.0 Å². The van der Waals surface area contributed by atoms with Gasteiger partial charge in [0.05, 0.1) is 29.2 Å². The van der Waals surface area contributed by atoms with Crippen molar-refractivity contribution in [1.29, 1.82) is 0 Å². The van der Waals surface area contributed by atoms with Gasteiger partial charge in [0.1, 0.15) is 11.6 Å². The van der Waals surface area contributed by atoms with Gasteiger partial charge in [0, 0.05) is 68.8 Å². The van der Waals surface area contributed by atoms with Crippen LogP contribution in [-0.2, 0) is 0 Å². The molecule has 0 bridgehead atoms. The summed E-state index contributed by atoms with van der Waals surface area (Å²) in [6.45, 7) is 1.15. The Labute approximate surface area is 264 Å². The smallest absolute Gasteiger partial charge is 0.423 e. The number of nitrogens with zero attached hydrogens (tertiary/aromatic N) is 10. The van der Waals surface area contributed by atoms with Crippen LogP contribution in [0.1, 0.15) is 0 Å². The third kappa shape index (κ3) is 6.43. The molecule has 4 aliphatic rings. The topological polar surface area (TPSA) is 202 Å². The number of hydrogen-bond acceptors (Lipinski definition) is 14. The van der Waals surface area contributed by atoms with Crippen molar-refractivity contribution < 1.29 is 27.6 Å². The van der Waals surface area contributed by atoms with Crippen LogP contribution in [0.2, 0.25) is 5.28 Å². The molecule has 2 saturated carbocycles. The normalized spacial score (nSPS) is 24.1. The molecule has 2 saturated heterocycles. The fraction of sp³-hybridized carbons (Fsp3) is 0.385. The van der Waals surface area contributed by atoms with E-state index in [4.69, 9.17) is 33.1 Å². The second-order valence-corrected chi connectivity index (χ2v) is 11.4. The Morgan fingerprint density at radius 1 is 0.696 bits per heavy atom. The molecule has 2 aliphatic carbocycles. The Bertz CT molecular complexity index is 1650. The summed E-state index contributed by atoms with van der Waals surface area (Å²) in [5, 5.41) is 17.9. The highest BCUT2D eigenvalue weighted by Crippen LogP contribution is 2.60. The quantitative estimate of drug-likeness (QED) is 0.136. The van der Waals surface area contributed by atoms with Crippen LogP contribution < -0.4 is 26.7 Å². The minimum atomic E-state index is -2.52. The standard InChI is InChI=1S/C13H12F2N6.C9H10BF2N3O2.C4H4ClN3/c14-13(15)8-5-21(6-9(8)13)12-18-3-7(4-19-12)11-17-2-1-10(16)20-11;11-9(12)6-3-15(4-7(6)9)8-13-1-5(2-14-8)10(16)17;5-4-7-2-1-3(6)8-4/h1-4,8-9H,5-6H2,(H2,16,17,20);1-2,6-7,16-17H,3-4H2;1-2H,(H2,6,7,8). The van der Waals surface area contributed by atoms with Gasteiger partial charge in [-0.15, -0.1) is 0 Å². The van der Waals surface area contributed by atoms with Crippen LogP contribution in [0.5, 0.6) is 0 Å². The van der Waals surface area contributed by atoms with E-state index in [0.717, 1.165) is 0 Å². The number of hydrogen-bond donors (Lipinski definition) is 4. The summed E-state index contributed by atoms with van der Waals surface area (Å²) in [6.07, 6.45) is 8.80. The van der Waals surface area contributed by atoms with Gasteiger partial charge in [-0.3, -0.25) is 0 Å². The van der Waals surface area contributed by atoms with E-state index in [1.807, 2.05) is 0 Å². The lowest BCUT2D eigenvalue weighted by Crippen LogP contribution is -2.33. The Morgan fingerprint density at radius 2 is 1.13 bits per heavy atom. The Kier molecular flexibility index (Phi) is 8.24. The van der Waals surface area contributed by atoms with E-state index in [2.05, 4.69) is 39.9 Å². The number of piperidine rings is 2. The average Bonchev–Trinajstić information content (AvgIpc) is 3.48. The lowest BCUT2D eigenvalue weighted by atomic mass is 9.83. The molecular formula is C26H26BClF4N12O2. The minimum Gasteiger partial charge on any atom is -0.423 e. The van der Waals surface area contributed by atoms with E-state index < -0.39 is 42.6 Å². The molecular weight excluding hydrogens is 635 g/mol. The molecule has 46 heavy (non-hydrogen) atoms. The summed E-state index contributed by atoms with van der Waals surface area (Å²) < 4.78 is 52.2. The molecule has 4 aromatic heterocycles. The van der Waals surface area contributed by atoms with E-state index in [1.54, 1.807) is 40.5 Å². The first-order valence-corrected chi connectivity index (χ1v) is 14.3. The number of alkyl halides is 4. The number of aromatic nitrogens is 8. The van der Waals surface area contributed by atoms with E-state index in [9.17, 15) is 17.6 Å². The third-order valence-corrected chi connectivity index (χ3v) is 8.32. The van der Waals surface area contributed by atoms with E-state index in [1.165, 1.54) is 18.6 Å². The summed E-state index contributed by atoms with van der Waals surface area (Å²) in [7, 11) is -1.61. The summed E-state index contributed by atoms with van der Waals surface area (Å²) in [4.78, 5) is 35.2. The van der Waals surface area contributed by atoms with Crippen molar-refractivity contribution in [2.45, 2.75) is 11.8 Å². The average molecular weight is 661 g/mol. The Balaban J connectivity index is 0.000000133. The maximum atomic E-state index is 13.2. The largest absolute Gasteiger partial charge is 0.491 e. The van der Waals surface area contributed by atoms with Crippen LogP contribution >= 0.6 is 11.6 Å². The fourth-order valence-electron chi connectivity index (χ4n) is 5.43. The van der Waals surface area contributed by atoms with Crippen LogP contribution in [0.4, 0.5) is 41.1 Å². The molecule has 6 heterocycles. The van der Waals surface area contributed by atoms with Gasteiger partial charge in [0.25, 0.3) is 11.8 Å². The molecule has 240 valence electrons. The zero-order valence-electron chi connectivity index (χ0n) is 23.7. The van der Waals surface area contributed by atoms with Crippen LogP contribution in [0, 0.1) is 23.7 Å². The van der Waals surface area contributed by atoms with E-state index in [-0.39, 0.29) is 23.8 Å². The van der Waals surface area contributed by atoms with Gasteiger partial charge in [-0.05, 0) is 23.7 Å². The monoisotopic (exact) mass is 660 g/mol. The molecule has 0 spiro atoms. The van der Waals surface area contributed by atoms with Gasteiger partial charge in [-0.1, -0.05) is 0 Å². The number of nitrogens with two attached hydrogens (primary N) is 2. The molecule has 6 N–H and O–H groups in total. The number of halogens is 5. The molecule has 0 aromatic carbocycles. The highest BCUT2D eigenvalue weighted by molar-refractivity contribution is 6.58. The predicted octanol–water partition coefficient (Wildman–Crippen LogP) is 0.787. The highest BCUT2D eigenvalue weighted by atomic mass is 35.5. The van der Waals surface area contributed by atoms with Gasteiger partial charge in [-0.2, -0.15) is 0 Å². The molecule has 4 unspecified atom stereocenters. The molecule has 20 heteroatoms. The van der Waals surface area contributed by atoms with Crippen molar-refractivity contribution in [3.05, 3.63) is 54.6 Å². The molecule has 4 fully saturated rings. The van der Waals surface area contributed by atoms with Crippen LogP contribution in [0.15, 0.2) is 49.3 Å². The second-order valence-electron chi connectivity index (χ2n) is 11.1. The maximum absolute atomic E-state index is 13.2. The van der Waals surface area contributed by atoms with Crippen molar-refractivity contribution in [3.8, 4) is 11.4 Å². The minimum absolute atomic E-state index is 0.184. The van der Waals surface area contributed by atoms with Gasteiger partial charge in [0.15, 0.2) is 5.82 Å². The molecule has 4 atom stereocenters. The van der Waals surface area contributed by atoms with Crippen molar-refractivity contribution >= 4 is 47.7 Å². The van der Waals surface area contributed by atoms with Gasteiger partial charge in [-0.25, -0.2) is 57.4 Å². The molecule has 2 aliphatic heterocycles.